The zero-order valence-electron chi connectivity index (χ0n) is 17.0. The Hall–Kier alpha value is -3.75. The van der Waals surface area contributed by atoms with Crippen molar-refractivity contribution in [2.75, 3.05) is 17.0 Å². The third-order valence-corrected chi connectivity index (χ3v) is 5.87. The van der Waals surface area contributed by atoms with Crippen molar-refractivity contribution in [2.45, 2.75) is 37.8 Å². The number of hydrogen-bond donors (Lipinski definition) is 3. The molecule has 2 aromatic rings. The molecule has 1 saturated carbocycles. The van der Waals surface area contributed by atoms with Crippen LogP contribution in [0, 0.1) is 0 Å². The predicted molar refractivity (Wildman–Crippen MR) is 119 cm³/mol. The van der Waals surface area contributed by atoms with E-state index in [4.69, 9.17) is 25.9 Å². The molecule has 5 rings (SSSR count). The number of nitrogens with two attached hydrogens (primary N) is 2. The normalized spacial score (nSPS) is 19.0. The van der Waals surface area contributed by atoms with E-state index >= 15 is 0 Å². The van der Waals surface area contributed by atoms with E-state index in [-0.39, 0.29) is 24.6 Å². The second-order valence-electron chi connectivity index (χ2n) is 7.86. The lowest BCUT2D eigenvalue weighted by molar-refractivity contribution is 0.102. The number of carbonyl (C=O) groups is 1. The number of para-hydroxylation sites is 1. The van der Waals surface area contributed by atoms with Gasteiger partial charge in [-0.3, -0.25) is 9.69 Å². The van der Waals surface area contributed by atoms with Crippen LogP contribution in [0.4, 0.5) is 11.4 Å². The maximum Gasteiger partial charge on any atom is 0.257 e. The Morgan fingerprint density at radius 1 is 1.03 bits per heavy atom. The second-order valence-corrected chi connectivity index (χ2v) is 7.86. The molecule has 0 saturated heterocycles. The Morgan fingerprint density at radius 3 is 2.65 bits per heavy atom. The maximum atomic E-state index is 13.3. The number of hydrogen-bond acceptors (Lipinski definition) is 8. The lowest BCUT2D eigenvalue weighted by atomic mass is 9.87. The Morgan fingerprint density at radius 2 is 1.81 bits per heavy atom. The van der Waals surface area contributed by atoms with Gasteiger partial charge in [0, 0.05) is 11.8 Å². The van der Waals surface area contributed by atoms with E-state index in [0.29, 0.717) is 28.4 Å². The fourth-order valence-corrected chi connectivity index (χ4v) is 4.50. The van der Waals surface area contributed by atoms with Crippen molar-refractivity contribution in [3.05, 3.63) is 48.0 Å². The number of carbonyl (C=O) groups excluding carboxylic acids is 1. The van der Waals surface area contributed by atoms with Gasteiger partial charge in [-0.05, 0) is 49.9 Å². The molecule has 0 radical (unpaired) electrons. The summed E-state index contributed by atoms with van der Waals surface area (Å²) in [5.74, 6) is 1.42. The molecule has 31 heavy (non-hydrogen) atoms. The zero-order chi connectivity index (χ0) is 21.4. The topological polar surface area (TPSA) is 128 Å². The smallest absolute Gasteiger partial charge is 0.257 e. The molecule has 5 N–H and O–H groups in total. The second kappa shape index (κ2) is 7.50. The molecular formula is C22H24N6O3. The predicted octanol–water partition coefficient (Wildman–Crippen LogP) is 2.78. The van der Waals surface area contributed by atoms with E-state index < -0.39 is 5.66 Å². The Balaban J connectivity index is 1.50. The fourth-order valence-electron chi connectivity index (χ4n) is 4.50. The highest BCUT2D eigenvalue weighted by Gasteiger charge is 2.43. The quantitative estimate of drug-likeness (QED) is 0.701. The van der Waals surface area contributed by atoms with Gasteiger partial charge in [0.05, 0.1) is 11.3 Å². The van der Waals surface area contributed by atoms with Crippen molar-refractivity contribution in [3.8, 4) is 11.5 Å². The third-order valence-electron chi connectivity index (χ3n) is 5.87. The highest BCUT2D eigenvalue weighted by atomic mass is 16.7. The van der Waals surface area contributed by atoms with Gasteiger partial charge in [0.1, 0.15) is 5.66 Å². The van der Waals surface area contributed by atoms with Crippen LogP contribution in [0.5, 0.6) is 11.5 Å². The molecule has 1 spiro atoms. The van der Waals surface area contributed by atoms with Crippen LogP contribution in [0.25, 0.3) is 0 Å². The van der Waals surface area contributed by atoms with Gasteiger partial charge in [-0.15, -0.1) is 0 Å². The molecule has 1 amide bonds. The molecule has 1 aliphatic carbocycles. The average Bonchev–Trinajstić information content (AvgIpc) is 3.22. The summed E-state index contributed by atoms with van der Waals surface area (Å²) in [6, 6.07) is 12.6. The molecular weight excluding hydrogens is 396 g/mol. The van der Waals surface area contributed by atoms with Gasteiger partial charge in [-0.25, -0.2) is 4.99 Å². The van der Waals surface area contributed by atoms with Crippen LogP contribution >= 0.6 is 0 Å². The number of fused-ring (bicyclic) bond motifs is 1. The SMILES string of the molecule is NC1=NC2(CCCCC2)N(c2ccccc2C(=O)Nc2ccc3c(c2)OCO3)C(N)=N1. The molecule has 1 fully saturated rings. The number of nitrogens with one attached hydrogen (secondary N) is 1. The van der Waals surface area contributed by atoms with Gasteiger partial charge in [0.2, 0.25) is 18.7 Å². The van der Waals surface area contributed by atoms with Gasteiger partial charge in [-0.2, -0.15) is 4.99 Å². The summed E-state index contributed by atoms with van der Waals surface area (Å²) >= 11 is 0. The van der Waals surface area contributed by atoms with Crippen molar-refractivity contribution >= 4 is 29.2 Å². The number of rotatable bonds is 3. The highest BCUT2D eigenvalue weighted by Crippen LogP contribution is 2.41. The highest BCUT2D eigenvalue weighted by molar-refractivity contribution is 6.13. The number of aliphatic imine (C=N–C) groups is 2. The summed E-state index contributed by atoms with van der Waals surface area (Å²) in [5, 5.41) is 2.94. The van der Waals surface area contributed by atoms with Gasteiger partial charge in [0.25, 0.3) is 5.91 Å². The molecule has 9 nitrogen and oxygen atoms in total. The van der Waals surface area contributed by atoms with Crippen LogP contribution in [0.15, 0.2) is 52.4 Å². The van der Waals surface area contributed by atoms with Crippen LogP contribution < -0.4 is 31.2 Å². The Kier molecular flexibility index (Phi) is 4.65. The molecule has 9 heteroatoms. The summed E-state index contributed by atoms with van der Waals surface area (Å²) < 4.78 is 10.7. The Bertz CT molecular complexity index is 1090. The van der Waals surface area contributed by atoms with Crippen molar-refractivity contribution in [1.29, 1.82) is 0 Å². The number of amides is 1. The molecule has 0 atom stereocenters. The average molecular weight is 420 g/mol. The van der Waals surface area contributed by atoms with Gasteiger partial charge >= 0.3 is 0 Å². The van der Waals surface area contributed by atoms with Crippen molar-refractivity contribution in [1.82, 2.24) is 0 Å². The summed E-state index contributed by atoms with van der Waals surface area (Å²) in [6.45, 7) is 0.175. The zero-order valence-corrected chi connectivity index (χ0v) is 17.0. The number of benzene rings is 2. The number of ether oxygens (including phenoxy) is 2. The van der Waals surface area contributed by atoms with E-state index in [1.807, 2.05) is 23.1 Å². The van der Waals surface area contributed by atoms with E-state index in [1.54, 1.807) is 24.3 Å². The molecule has 160 valence electrons. The summed E-state index contributed by atoms with van der Waals surface area (Å²) in [6.07, 6.45) is 4.73. The molecule has 0 unspecified atom stereocenters. The minimum absolute atomic E-state index is 0.175. The maximum absolute atomic E-state index is 13.3. The van der Waals surface area contributed by atoms with E-state index in [9.17, 15) is 4.79 Å². The Labute approximate surface area is 179 Å². The van der Waals surface area contributed by atoms with E-state index in [0.717, 1.165) is 32.1 Å². The molecule has 0 bridgehead atoms. The number of anilines is 2. The third kappa shape index (κ3) is 3.41. The first-order chi connectivity index (χ1) is 15.1. The van der Waals surface area contributed by atoms with Crippen LogP contribution in [-0.4, -0.2) is 30.3 Å². The molecule has 2 heterocycles. The summed E-state index contributed by atoms with van der Waals surface area (Å²) in [7, 11) is 0. The van der Waals surface area contributed by atoms with Crippen molar-refractivity contribution < 1.29 is 14.3 Å². The summed E-state index contributed by atoms with van der Waals surface area (Å²) in [4.78, 5) is 24.0. The molecule has 3 aliphatic rings. The van der Waals surface area contributed by atoms with Gasteiger partial charge in [0.15, 0.2) is 11.5 Å². The fraction of sp³-hybridized carbons (Fsp3) is 0.318. The lowest BCUT2D eigenvalue weighted by Crippen LogP contribution is -2.58. The van der Waals surface area contributed by atoms with Gasteiger partial charge < -0.3 is 26.3 Å². The van der Waals surface area contributed by atoms with Gasteiger partial charge in [-0.1, -0.05) is 18.6 Å². The van der Waals surface area contributed by atoms with Crippen LogP contribution in [-0.2, 0) is 0 Å². The minimum Gasteiger partial charge on any atom is -0.454 e. The molecule has 0 aromatic heterocycles. The molecule has 2 aromatic carbocycles. The van der Waals surface area contributed by atoms with Crippen molar-refractivity contribution in [3.63, 3.8) is 0 Å². The van der Waals surface area contributed by atoms with Crippen LogP contribution in [0.1, 0.15) is 42.5 Å². The largest absolute Gasteiger partial charge is 0.454 e. The first-order valence-electron chi connectivity index (χ1n) is 10.4. The standard InChI is InChI=1S/C22H24N6O3/c23-20-26-21(24)28(22(27-20)10-4-1-5-11-22)16-7-3-2-6-15(16)19(29)25-14-8-9-17-18(12-14)31-13-30-17/h2-3,6-9,12H,1,4-5,10-11,13H2,(H,25,29)(H4,23,24,26,27). The first kappa shape index (κ1) is 19.2. The molecule has 2 aliphatic heterocycles. The first-order valence-corrected chi connectivity index (χ1v) is 10.4. The summed E-state index contributed by atoms with van der Waals surface area (Å²) in [5.41, 5.74) is 13.4. The van der Waals surface area contributed by atoms with Crippen molar-refractivity contribution in [2.24, 2.45) is 21.5 Å². The van der Waals surface area contributed by atoms with Crippen LogP contribution in [0.2, 0.25) is 0 Å². The monoisotopic (exact) mass is 420 g/mol. The number of nitrogens with zero attached hydrogens (tertiary/aromatic N) is 3. The lowest BCUT2D eigenvalue weighted by Gasteiger charge is -2.46. The number of guanidine groups is 2. The minimum atomic E-state index is -0.622. The van der Waals surface area contributed by atoms with E-state index in [2.05, 4.69) is 10.3 Å². The van der Waals surface area contributed by atoms with E-state index in [1.165, 1.54) is 0 Å². The van der Waals surface area contributed by atoms with Crippen LogP contribution in [0.3, 0.4) is 0 Å².